The van der Waals surface area contributed by atoms with Gasteiger partial charge in [-0.15, -0.1) is 0 Å². The Morgan fingerprint density at radius 2 is 1.68 bits per heavy atom. The SMILES string of the molecule is CC1(C)OB([C@H]2C[C@@H]2c2ncc(F)cn2)OC1(C)C. The van der Waals surface area contributed by atoms with E-state index in [2.05, 4.69) is 9.97 Å². The lowest BCUT2D eigenvalue weighted by molar-refractivity contribution is 0.00578. The van der Waals surface area contributed by atoms with E-state index < -0.39 is 5.82 Å². The molecule has 6 heteroatoms. The van der Waals surface area contributed by atoms with E-state index >= 15 is 0 Å². The average molecular weight is 264 g/mol. The summed E-state index contributed by atoms with van der Waals surface area (Å²) in [4.78, 5) is 8.07. The number of halogens is 1. The van der Waals surface area contributed by atoms with E-state index in [1.165, 1.54) is 12.4 Å². The largest absolute Gasteiger partial charge is 0.461 e. The van der Waals surface area contributed by atoms with Crippen LogP contribution in [0.5, 0.6) is 0 Å². The molecule has 0 spiro atoms. The Kier molecular flexibility index (Phi) is 2.73. The zero-order valence-electron chi connectivity index (χ0n) is 11.7. The van der Waals surface area contributed by atoms with Gasteiger partial charge in [0, 0.05) is 11.7 Å². The van der Waals surface area contributed by atoms with E-state index in [1.807, 2.05) is 27.7 Å². The number of rotatable bonds is 2. The maximum Gasteiger partial charge on any atom is 0.461 e. The molecule has 1 saturated carbocycles. The van der Waals surface area contributed by atoms with Crippen molar-refractivity contribution in [2.45, 2.75) is 57.1 Å². The summed E-state index contributed by atoms with van der Waals surface area (Å²) in [7, 11) is -0.219. The third-order valence-electron chi connectivity index (χ3n) is 4.43. The highest BCUT2D eigenvalue weighted by Gasteiger charge is 2.60. The second kappa shape index (κ2) is 3.99. The molecule has 2 atom stereocenters. The van der Waals surface area contributed by atoms with E-state index in [4.69, 9.17) is 9.31 Å². The van der Waals surface area contributed by atoms with Gasteiger partial charge in [0.05, 0.1) is 23.6 Å². The Morgan fingerprint density at radius 1 is 1.16 bits per heavy atom. The highest BCUT2D eigenvalue weighted by atomic mass is 19.1. The second-order valence-corrected chi connectivity index (χ2v) is 6.39. The first-order chi connectivity index (χ1) is 8.80. The summed E-state index contributed by atoms with van der Waals surface area (Å²) in [5, 5.41) is 0. The first-order valence-electron chi connectivity index (χ1n) is 6.63. The van der Waals surface area contributed by atoms with Crippen LogP contribution in [0.15, 0.2) is 12.4 Å². The van der Waals surface area contributed by atoms with Crippen LogP contribution in [0.2, 0.25) is 5.82 Å². The lowest BCUT2D eigenvalue weighted by atomic mass is 9.80. The van der Waals surface area contributed by atoms with Crippen LogP contribution in [0, 0.1) is 5.82 Å². The van der Waals surface area contributed by atoms with Gasteiger partial charge >= 0.3 is 7.12 Å². The van der Waals surface area contributed by atoms with Gasteiger partial charge in [0.1, 0.15) is 5.82 Å². The van der Waals surface area contributed by atoms with Crippen molar-refractivity contribution in [2.24, 2.45) is 0 Å². The van der Waals surface area contributed by atoms with E-state index in [9.17, 15) is 4.39 Å². The third-order valence-corrected chi connectivity index (χ3v) is 4.43. The predicted octanol–water partition coefficient (Wildman–Crippen LogP) is 2.57. The van der Waals surface area contributed by atoms with Gasteiger partial charge in [-0.05, 0) is 34.1 Å². The van der Waals surface area contributed by atoms with Crippen LogP contribution in [-0.2, 0) is 9.31 Å². The first-order valence-corrected chi connectivity index (χ1v) is 6.63. The quantitative estimate of drug-likeness (QED) is 0.770. The Hall–Kier alpha value is -1.01. The van der Waals surface area contributed by atoms with Crippen molar-refractivity contribution >= 4 is 7.12 Å². The summed E-state index contributed by atoms with van der Waals surface area (Å²) < 4.78 is 24.8. The Morgan fingerprint density at radius 3 is 2.21 bits per heavy atom. The topological polar surface area (TPSA) is 44.2 Å². The molecule has 19 heavy (non-hydrogen) atoms. The zero-order valence-corrected chi connectivity index (χ0v) is 11.7. The monoisotopic (exact) mass is 264 g/mol. The fraction of sp³-hybridized carbons (Fsp3) is 0.692. The van der Waals surface area contributed by atoms with Crippen LogP contribution in [0.25, 0.3) is 0 Å². The molecule has 1 aromatic rings. The van der Waals surface area contributed by atoms with Gasteiger partial charge in [-0.1, -0.05) is 0 Å². The smallest absolute Gasteiger partial charge is 0.403 e. The summed E-state index contributed by atoms with van der Waals surface area (Å²) in [5.74, 6) is 0.763. The minimum absolute atomic E-state index is 0.218. The maximum atomic E-state index is 12.8. The molecule has 0 N–H and O–H groups in total. The van der Waals surface area contributed by atoms with Crippen LogP contribution >= 0.6 is 0 Å². The van der Waals surface area contributed by atoms with Crippen LogP contribution in [0.1, 0.15) is 45.9 Å². The molecule has 2 fully saturated rings. The average Bonchev–Trinajstić information content (AvgIpc) is 3.04. The molecule has 0 amide bonds. The van der Waals surface area contributed by atoms with Crippen molar-refractivity contribution in [1.29, 1.82) is 0 Å². The predicted molar refractivity (Wildman–Crippen MR) is 69.2 cm³/mol. The van der Waals surface area contributed by atoms with Crippen molar-refractivity contribution in [1.82, 2.24) is 9.97 Å². The van der Waals surface area contributed by atoms with Gasteiger partial charge in [-0.3, -0.25) is 0 Å². The molecule has 102 valence electrons. The Bertz CT molecular complexity index is 476. The minimum Gasteiger partial charge on any atom is -0.403 e. The fourth-order valence-corrected chi connectivity index (χ4v) is 2.39. The molecule has 1 aromatic heterocycles. The molecule has 4 nitrogen and oxygen atoms in total. The van der Waals surface area contributed by atoms with Gasteiger partial charge in [-0.25, -0.2) is 14.4 Å². The van der Waals surface area contributed by atoms with Gasteiger partial charge in [-0.2, -0.15) is 0 Å². The van der Waals surface area contributed by atoms with Crippen LogP contribution < -0.4 is 0 Å². The van der Waals surface area contributed by atoms with E-state index in [0.717, 1.165) is 6.42 Å². The highest BCUT2D eigenvalue weighted by molar-refractivity contribution is 6.49. The van der Waals surface area contributed by atoms with Crippen molar-refractivity contribution < 1.29 is 13.7 Å². The summed E-state index contributed by atoms with van der Waals surface area (Å²) in [6.45, 7) is 8.16. The van der Waals surface area contributed by atoms with E-state index in [-0.39, 0.29) is 30.1 Å². The number of hydrogen-bond donors (Lipinski definition) is 0. The molecule has 0 bridgehead atoms. The van der Waals surface area contributed by atoms with E-state index in [1.54, 1.807) is 0 Å². The number of aromatic nitrogens is 2. The third kappa shape index (κ3) is 2.17. The molecule has 1 aliphatic heterocycles. The standard InChI is InChI=1S/C13H18BFN2O2/c1-12(2)13(3,4)19-14(18-12)10-5-9(10)11-16-6-8(15)7-17-11/h6-7,9-10H,5H2,1-4H3/t9-,10-/m0/s1. The lowest BCUT2D eigenvalue weighted by Gasteiger charge is -2.32. The number of nitrogens with zero attached hydrogens (tertiary/aromatic N) is 2. The van der Waals surface area contributed by atoms with Crippen molar-refractivity contribution in [3.63, 3.8) is 0 Å². The summed E-state index contributed by atoms with van der Waals surface area (Å²) in [5.41, 5.74) is -0.622. The molecule has 0 unspecified atom stereocenters. The number of hydrogen-bond acceptors (Lipinski definition) is 4. The molecule has 2 aliphatic rings. The molecule has 3 rings (SSSR count). The lowest BCUT2D eigenvalue weighted by Crippen LogP contribution is -2.41. The minimum atomic E-state index is -0.406. The van der Waals surface area contributed by atoms with Gasteiger partial charge in [0.15, 0.2) is 5.82 Å². The summed E-state index contributed by atoms with van der Waals surface area (Å²) >= 11 is 0. The van der Waals surface area contributed by atoms with E-state index in [0.29, 0.717) is 5.82 Å². The molecular formula is C13H18BFN2O2. The van der Waals surface area contributed by atoms with Crippen LogP contribution in [0.3, 0.4) is 0 Å². The summed E-state index contributed by atoms with van der Waals surface area (Å²) in [6, 6.07) is 0. The normalized spacial score (nSPS) is 31.5. The van der Waals surface area contributed by atoms with Crippen molar-refractivity contribution in [3.05, 3.63) is 24.0 Å². The zero-order chi connectivity index (χ0) is 13.8. The first kappa shape index (κ1) is 13.0. The van der Waals surface area contributed by atoms with Gasteiger partial charge in [0.2, 0.25) is 0 Å². The molecule has 1 saturated heterocycles. The van der Waals surface area contributed by atoms with Crippen molar-refractivity contribution in [2.75, 3.05) is 0 Å². The second-order valence-electron chi connectivity index (χ2n) is 6.39. The molecule has 0 radical (unpaired) electrons. The molecular weight excluding hydrogens is 246 g/mol. The molecule has 0 aromatic carbocycles. The van der Waals surface area contributed by atoms with Crippen LogP contribution in [-0.4, -0.2) is 28.3 Å². The molecule has 1 aliphatic carbocycles. The fourth-order valence-electron chi connectivity index (χ4n) is 2.39. The Balaban J connectivity index is 1.70. The maximum absolute atomic E-state index is 12.8. The Labute approximate surface area is 112 Å². The van der Waals surface area contributed by atoms with Gasteiger partial charge in [0.25, 0.3) is 0 Å². The highest BCUT2D eigenvalue weighted by Crippen LogP contribution is 2.57. The van der Waals surface area contributed by atoms with Crippen molar-refractivity contribution in [3.8, 4) is 0 Å². The molecule has 2 heterocycles. The van der Waals surface area contributed by atoms with Gasteiger partial charge < -0.3 is 9.31 Å². The summed E-state index contributed by atoms with van der Waals surface area (Å²) in [6.07, 6.45) is 3.35. The van der Waals surface area contributed by atoms with Crippen LogP contribution in [0.4, 0.5) is 4.39 Å².